The van der Waals surface area contributed by atoms with Gasteiger partial charge < -0.3 is 15.7 Å². The lowest BCUT2D eigenvalue weighted by atomic mass is 10.2. The molecular formula is C13H16ClFN2O3. The van der Waals surface area contributed by atoms with Crippen molar-refractivity contribution in [3.05, 3.63) is 34.6 Å². The molecule has 0 aliphatic rings. The molecule has 1 atom stereocenters. The standard InChI is InChI=1S/C13H16ClFN2O3/c1-2-3-11(12(18)19)17-13(20)16-7-8-6-9(14)4-5-10(8)15/h4-6,11H,2-3,7H2,1H3,(H,18,19)(H2,16,17,20). The molecule has 20 heavy (non-hydrogen) atoms. The van der Waals surface area contributed by atoms with Crippen molar-refractivity contribution >= 4 is 23.6 Å². The first-order chi connectivity index (χ1) is 9.43. The molecule has 0 fully saturated rings. The Morgan fingerprint density at radius 2 is 2.15 bits per heavy atom. The van der Waals surface area contributed by atoms with Gasteiger partial charge in [-0.1, -0.05) is 24.9 Å². The van der Waals surface area contributed by atoms with E-state index in [1.807, 2.05) is 6.92 Å². The van der Waals surface area contributed by atoms with Gasteiger partial charge in [-0.2, -0.15) is 0 Å². The molecule has 0 aromatic heterocycles. The Kier molecular flexibility index (Phi) is 6.24. The SMILES string of the molecule is CCCC(NC(=O)NCc1cc(Cl)ccc1F)C(=O)O. The summed E-state index contributed by atoms with van der Waals surface area (Å²) in [4.78, 5) is 22.4. The minimum Gasteiger partial charge on any atom is -0.480 e. The van der Waals surface area contributed by atoms with Gasteiger partial charge in [0.2, 0.25) is 0 Å². The van der Waals surface area contributed by atoms with Crippen molar-refractivity contribution in [2.45, 2.75) is 32.4 Å². The highest BCUT2D eigenvalue weighted by Gasteiger charge is 2.18. The van der Waals surface area contributed by atoms with E-state index in [0.29, 0.717) is 17.9 Å². The number of hydrogen-bond acceptors (Lipinski definition) is 2. The molecule has 7 heteroatoms. The van der Waals surface area contributed by atoms with Gasteiger partial charge in [-0.05, 0) is 24.6 Å². The van der Waals surface area contributed by atoms with Crippen molar-refractivity contribution in [1.82, 2.24) is 10.6 Å². The number of carbonyl (C=O) groups is 2. The maximum atomic E-state index is 13.4. The Hall–Kier alpha value is -1.82. The molecule has 0 heterocycles. The average molecular weight is 303 g/mol. The highest BCUT2D eigenvalue weighted by Crippen LogP contribution is 2.14. The second kappa shape index (κ2) is 7.69. The molecule has 1 rings (SSSR count). The number of carboxylic acid groups (broad SMARTS) is 1. The minimum atomic E-state index is -1.10. The molecule has 5 nitrogen and oxygen atoms in total. The van der Waals surface area contributed by atoms with Gasteiger partial charge in [0.1, 0.15) is 11.9 Å². The molecule has 3 N–H and O–H groups in total. The van der Waals surface area contributed by atoms with Crippen LogP contribution in [0.1, 0.15) is 25.3 Å². The van der Waals surface area contributed by atoms with Crippen LogP contribution in [0.3, 0.4) is 0 Å². The summed E-state index contributed by atoms with van der Waals surface area (Å²) in [6.07, 6.45) is 0.953. The predicted octanol–water partition coefficient (Wildman–Crippen LogP) is 2.53. The van der Waals surface area contributed by atoms with Crippen LogP contribution in [0.5, 0.6) is 0 Å². The third kappa shape index (κ3) is 5.05. The minimum absolute atomic E-state index is 0.0727. The number of urea groups is 1. The van der Waals surface area contributed by atoms with Crippen LogP contribution in [-0.4, -0.2) is 23.1 Å². The molecule has 110 valence electrons. The van der Waals surface area contributed by atoms with Gasteiger partial charge in [-0.25, -0.2) is 14.0 Å². The Morgan fingerprint density at radius 1 is 1.45 bits per heavy atom. The summed E-state index contributed by atoms with van der Waals surface area (Å²) in [5.41, 5.74) is 0.231. The lowest BCUT2D eigenvalue weighted by Crippen LogP contribution is -2.45. The van der Waals surface area contributed by atoms with Crippen molar-refractivity contribution in [2.24, 2.45) is 0 Å². The Labute approximate surface area is 121 Å². The lowest BCUT2D eigenvalue weighted by Gasteiger charge is -2.14. The van der Waals surface area contributed by atoms with Gasteiger partial charge in [0.15, 0.2) is 0 Å². The number of halogens is 2. The topological polar surface area (TPSA) is 78.4 Å². The van der Waals surface area contributed by atoms with Crippen molar-refractivity contribution in [3.8, 4) is 0 Å². The van der Waals surface area contributed by atoms with E-state index in [4.69, 9.17) is 16.7 Å². The zero-order valence-corrected chi connectivity index (χ0v) is 11.7. The van der Waals surface area contributed by atoms with Crippen molar-refractivity contribution in [1.29, 1.82) is 0 Å². The molecule has 0 aliphatic heterocycles. The molecule has 0 bridgehead atoms. The fourth-order valence-corrected chi connectivity index (χ4v) is 1.80. The van der Waals surface area contributed by atoms with E-state index in [9.17, 15) is 14.0 Å². The number of nitrogens with one attached hydrogen (secondary N) is 2. The first-order valence-corrected chi connectivity index (χ1v) is 6.53. The molecular weight excluding hydrogens is 287 g/mol. The first-order valence-electron chi connectivity index (χ1n) is 6.15. The molecule has 0 saturated carbocycles. The number of carbonyl (C=O) groups excluding carboxylic acids is 1. The van der Waals surface area contributed by atoms with Gasteiger partial charge in [0.25, 0.3) is 0 Å². The van der Waals surface area contributed by atoms with Crippen molar-refractivity contribution in [2.75, 3.05) is 0 Å². The van der Waals surface area contributed by atoms with E-state index in [1.54, 1.807) is 0 Å². The largest absolute Gasteiger partial charge is 0.480 e. The number of carboxylic acids is 1. The second-order valence-electron chi connectivity index (χ2n) is 4.24. The zero-order chi connectivity index (χ0) is 15.1. The van der Waals surface area contributed by atoms with Crippen LogP contribution < -0.4 is 10.6 Å². The van der Waals surface area contributed by atoms with E-state index in [0.717, 1.165) is 0 Å². The Balaban J connectivity index is 2.54. The molecule has 1 unspecified atom stereocenters. The summed E-state index contributed by atoms with van der Waals surface area (Å²) in [6, 6.07) is 2.39. The van der Waals surface area contributed by atoms with Crippen LogP contribution in [0, 0.1) is 5.82 Å². The number of hydrogen-bond donors (Lipinski definition) is 3. The molecule has 0 spiro atoms. The number of aliphatic carboxylic acids is 1. The van der Waals surface area contributed by atoms with Crippen LogP contribution >= 0.6 is 11.6 Å². The van der Waals surface area contributed by atoms with E-state index in [-0.39, 0.29) is 12.1 Å². The predicted molar refractivity (Wildman–Crippen MR) is 73.1 cm³/mol. The van der Waals surface area contributed by atoms with Crippen molar-refractivity contribution in [3.63, 3.8) is 0 Å². The van der Waals surface area contributed by atoms with Crippen molar-refractivity contribution < 1.29 is 19.1 Å². The summed E-state index contributed by atoms with van der Waals surface area (Å²) < 4.78 is 13.4. The molecule has 2 amide bonds. The smallest absolute Gasteiger partial charge is 0.326 e. The lowest BCUT2D eigenvalue weighted by molar-refractivity contribution is -0.139. The maximum Gasteiger partial charge on any atom is 0.326 e. The summed E-state index contributed by atoms with van der Waals surface area (Å²) in [5.74, 6) is -1.59. The van der Waals surface area contributed by atoms with E-state index >= 15 is 0 Å². The molecule has 0 radical (unpaired) electrons. The quantitative estimate of drug-likeness (QED) is 0.755. The monoisotopic (exact) mass is 302 g/mol. The molecule has 1 aromatic carbocycles. The summed E-state index contributed by atoms with van der Waals surface area (Å²) >= 11 is 5.73. The third-order valence-electron chi connectivity index (χ3n) is 2.63. The van der Waals surface area contributed by atoms with Crippen LogP contribution in [0.2, 0.25) is 5.02 Å². The highest BCUT2D eigenvalue weighted by atomic mass is 35.5. The fourth-order valence-electron chi connectivity index (χ4n) is 1.61. The van der Waals surface area contributed by atoms with E-state index in [2.05, 4.69) is 10.6 Å². The zero-order valence-electron chi connectivity index (χ0n) is 11.0. The van der Waals surface area contributed by atoms with Gasteiger partial charge >= 0.3 is 12.0 Å². The number of rotatable bonds is 6. The van der Waals surface area contributed by atoms with Gasteiger partial charge in [0, 0.05) is 17.1 Å². The fraction of sp³-hybridized carbons (Fsp3) is 0.385. The Morgan fingerprint density at radius 3 is 2.75 bits per heavy atom. The van der Waals surface area contributed by atoms with Crippen LogP contribution in [0.25, 0.3) is 0 Å². The van der Waals surface area contributed by atoms with E-state index < -0.39 is 23.9 Å². The molecule has 0 aliphatic carbocycles. The van der Waals surface area contributed by atoms with Crippen LogP contribution in [-0.2, 0) is 11.3 Å². The van der Waals surface area contributed by atoms with E-state index in [1.165, 1.54) is 18.2 Å². The number of benzene rings is 1. The maximum absolute atomic E-state index is 13.4. The second-order valence-corrected chi connectivity index (χ2v) is 4.68. The summed E-state index contributed by atoms with van der Waals surface area (Å²) in [5, 5.41) is 14.0. The van der Waals surface area contributed by atoms with Gasteiger partial charge in [-0.3, -0.25) is 0 Å². The summed E-state index contributed by atoms with van der Waals surface area (Å²) in [6.45, 7) is 1.74. The molecule has 1 aromatic rings. The Bertz CT molecular complexity index is 497. The van der Waals surface area contributed by atoms with Crippen LogP contribution in [0.4, 0.5) is 9.18 Å². The van der Waals surface area contributed by atoms with Gasteiger partial charge in [0.05, 0.1) is 0 Å². The normalized spacial score (nSPS) is 11.8. The van der Waals surface area contributed by atoms with Gasteiger partial charge in [-0.15, -0.1) is 0 Å². The number of amides is 2. The third-order valence-corrected chi connectivity index (χ3v) is 2.86. The van der Waals surface area contributed by atoms with Crippen LogP contribution in [0.15, 0.2) is 18.2 Å². The summed E-state index contributed by atoms with van der Waals surface area (Å²) in [7, 11) is 0. The first kappa shape index (κ1) is 16.2. The highest BCUT2D eigenvalue weighted by molar-refractivity contribution is 6.30. The average Bonchev–Trinajstić information content (AvgIpc) is 2.39. The molecule has 0 saturated heterocycles.